The van der Waals surface area contributed by atoms with E-state index in [0.29, 0.717) is 22.7 Å². The van der Waals surface area contributed by atoms with Gasteiger partial charge in [-0.25, -0.2) is 28.1 Å². The van der Waals surface area contributed by atoms with Crippen LogP contribution in [0.1, 0.15) is 43.1 Å². The number of hydrogen-bond donors (Lipinski definition) is 2. The molecule has 0 amide bonds. The number of carbonyl (C=O) groups is 1. The molecule has 170 valence electrons. The minimum absolute atomic E-state index is 0.140. The van der Waals surface area contributed by atoms with Crippen LogP contribution in [-0.2, 0) is 23.0 Å². The van der Waals surface area contributed by atoms with E-state index in [-0.39, 0.29) is 23.9 Å². The summed E-state index contributed by atoms with van der Waals surface area (Å²) >= 11 is 3.61. The van der Waals surface area contributed by atoms with Crippen LogP contribution in [0.15, 0.2) is 28.5 Å². The highest BCUT2D eigenvalue weighted by Crippen LogP contribution is 2.37. The van der Waals surface area contributed by atoms with Crippen molar-refractivity contribution >= 4 is 67.1 Å². The monoisotopic (exact) mass is 586 g/mol. The van der Waals surface area contributed by atoms with Gasteiger partial charge in [-0.1, -0.05) is 11.8 Å². The van der Waals surface area contributed by atoms with Crippen LogP contribution in [0.5, 0.6) is 0 Å². The standard InChI is InChI=1S/C20H23IN6O3S2/c1-20(2,3)26-32(29,30)7-6-27-18-16(17(22)23-10-24-18)25-19(27)31-15-9-12-11(8-13(15)21)4-5-14(12)28/h8-10,26H,4-7H2,1-3H3,(H2,22,23,24). The highest BCUT2D eigenvalue weighted by molar-refractivity contribution is 14.1. The Bertz CT molecular complexity index is 1330. The first kappa shape index (κ1) is 23.4. The molecular weight excluding hydrogens is 563 g/mol. The Balaban J connectivity index is 1.72. The SMILES string of the molecule is CC(C)(C)NS(=O)(=O)CCn1c(Sc2cc3c(cc2I)CCC3=O)nc2c(N)ncnc21. The van der Waals surface area contributed by atoms with Crippen LogP contribution in [0.25, 0.3) is 11.2 Å². The van der Waals surface area contributed by atoms with E-state index in [4.69, 9.17) is 5.73 Å². The van der Waals surface area contributed by atoms with Crippen molar-refractivity contribution in [1.82, 2.24) is 24.2 Å². The molecule has 0 bridgehead atoms. The van der Waals surface area contributed by atoms with Crippen molar-refractivity contribution in [3.05, 3.63) is 33.2 Å². The number of nitrogen functional groups attached to an aromatic ring is 1. The number of anilines is 1. The van der Waals surface area contributed by atoms with E-state index in [1.54, 1.807) is 25.3 Å². The summed E-state index contributed by atoms with van der Waals surface area (Å²) in [7, 11) is -3.54. The summed E-state index contributed by atoms with van der Waals surface area (Å²) < 4.78 is 30.6. The first-order valence-electron chi connectivity index (χ1n) is 9.95. The van der Waals surface area contributed by atoms with E-state index in [9.17, 15) is 13.2 Å². The maximum Gasteiger partial charge on any atom is 0.213 e. The van der Waals surface area contributed by atoms with E-state index in [2.05, 4.69) is 42.3 Å². The highest BCUT2D eigenvalue weighted by Gasteiger charge is 2.25. The smallest absolute Gasteiger partial charge is 0.213 e. The van der Waals surface area contributed by atoms with E-state index >= 15 is 0 Å². The van der Waals surface area contributed by atoms with E-state index in [1.807, 2.05) is 12.1 Å². The lowest BCUT2D eigenvalue weighted by Gasteiger charge is -2.20. The number of Topliss-reactive ketones (excluding diaryl/α,β-unsaturated/α-hetero) is 1. The minimum Gasteiger partial charge on any atom is -0.382 e. The molecule has 0 fully saturated rings. The van der Waals surface area contributed by atoms with Gasteiger partial charge in [-0.2, -0.15) is 0 Å². The number of benzene rings is 1. The maximum absolute atomic E-state index is 12.6. The fourth-order valence-corrected chi connectivity index (χ4v) is 6.84. The van der Waals surface area contributed by atoms with Gasteiger partial charge >= 0.3 is 0 Å². The number of ketones is 1. The number of halogens is 1. The van der Waals surface area contributed by atoms with Crippen LogP contribution in [0.4, 0.5) is 5.82 Å². The zero-order valence-electron chi connectivity index (χ0n) is 17.8. The molecule has 0 spiro atoms. The van der Waals surface area contributed by atoms with E-state index < -0.39 is 15.6 Å². The van der Waals surface area contributed by atoms with Crippen LogP contribution < -0.4 is 10.5 Å². The molecule has 12 heteroatoms. The number of sulfonamides is 1. The number of carbonyl (C=O) groups excluding carboxylic acids is 1. The van der Waals surface area contributed by atoms with Gasteiger partial charge in [-0.3, -0.25) is 4.79 Å². The van der Waals surface area contributed by atoms with Crippen LogP contribution >= 0.6 is 34.4 Å². The van der Waals surface area contributed by atoms with Crippen molar-refractivity contribution in [2.45, 2.75) is 55.7 Å². The summed E-state index contributed by atoms with van der Waals surface area (Å²) in [6.07, 6.45) is 2.63. The zero-order valence-corrected chi connectivity index (χ0v) is 21.6. The van der Waals surface area contributed by atoms with Gasteiger partial charge in [0.05, 0.1) is 5.75 Å². The Morgan fingerprint density at radius 1 is 1.25 bits per heavy atom. The van der Waals surface area contributed by atoms with Crippen molar-refractivity contribution in [1.29, 1.82) is 0 Å². The molecule has 0 atom stereocenters. The Hall–Kier alpha value is -1.77. The van der Waals surface area contributed by atoms with Crippen molar-refractivity contribution < 1.29 is 13.2 Å². The van der Waals surface area contributed by atoms with Crippen molar-refractivity contribution in [2.75, 3.05) is 11.5 Å². The van der Waals surface area contributed by atoms with Gasteiger partial charge in [0.2, 0.25) is 10.0 Å². The molecular formula is C20H23IN6O3S2. The molecule has 4 rings (SSSR count). The van der Waals surface area contributed by atoms with E-state index in [1.165, 1.54) is 18.1 Å². The van der Waals surface area contributed by atoms with Crippen LogP contribution in [0.2, 0.25) is 0 Å². The number of nitrogens with two attached hydrogens (primary N) is 1. The largest absolute Gasteiger partial charge is 0.382 e. The van der Waals surface area contributed by atoms with Crippen molar-refractivity contribution in [3.63, 3.8) is 0 Å². The lowest BCUT2D eigenvalue weighted by molar-refractivity contribution is 0.0994. The lowest BCUT2D eigenvalue weighted by Crippen LogP contribution is -2.42. The molecule has 1 aromatic carbocycles. The number of aryl methyl sites for hydroxylation is 2. The van der Waals surface area contributed by atoms with Crippen LogP contribution in [0.3, 0.4) is 0 Å². The third-order valence-corrected chi connectivity index (χ3v) is 8.81. The summed E-state index contributed by atoms with van der Waals surface area (Å²) in [5, 5.41) is 0.543. The Kier molecular flexibility index (Phi) is 6.24. The molecule has 0 aliphatic heterocycles. The number of imidazole rings is 1. The zero-order chi connectivity index (χ0) is 23.3. The minimum atomic E-state index is -3.54. The average Bonchev–Trinajstić information content (AvgIpc) is 3.20. The quantitative estimate of drug-likeness (QED) is 0.422. The second kappa shape index (κ2) is 8.54. The molecule has 1 aliphatic rings. The molecule has 0 unspecified atom stereocenters. The molecule has 3 aromatic rings. The third kappa shape index (κ3) is 4.92. The van der Waals surface area contributed by atoms with Gasteiger partial charge < -0.3 is 10.3 Å². The summed E-state index contributed by atoms with van der Waals surface area (Å²) in [5.74, 6) is 0.221. The van der Waals surface area contributed by atoms with Gasteiger partial charge in [0, 0.05) is 32.5 Å². The molecule has 2 aromatic heterocycles. The van der Waals surface area contributed by atoms with Crippen molar-refractivity contribution in [3.8, 4) is 0 Å². The van der Waals surface area contributed by atoms with Crippen molar-refractivity contribution in [2.24, 2.45) is 0 Å². The Morgan fingerprint density at radius 3 is 2.72 bits per heavy atom. The third-order valence-electron chi connectivity index (χ3n) is 4.85. The lowest BCUT2D eigenvalue weighted by atomic mass is 10.1. The Labute approximate surface area is 204 Å². The number of nitrogens with one attached hydrogen (secondary N) is 1. The fraction of sp³-hybridized carbons (Fsp3) is 0.400. The van der Waals surface area contributed by atoms with E-state index in [0.717, 1.165) is 26.0 Å². The summed E-state index contributed by atoms with van der Waals surface area (Å²) in [6.45, 7) is 5.53. The number of rotatable bonds is 6. The van der Waals surface area contributed by atoms with Gasteiger partial charge in [0.25, 0.3) is 0 Å². The summed E-state index contributed by atoms with van der Waals surface area (Å²) in [5.41, 5.74) is 8.12. The normalized spacial score (nSPS) is 14.3. The second-order valence-corrected chi connectivity index (χ2v) is 12.6. The fourth-order valence-electron chi connectivity index (χ4n) is 3.56. The maximum atomic E-state index is 12.6. The summed E-state index contributed by atoms with van der Waals surface area (Å²) in [4.78, 5) is 26.0. The van der Waals surface area contributed by atoms with Crippen LogP contribution in [0, 0.1) is 3.57 Å². The Morgan fingerprint density at radius 2 is 2.00 bits per heavy atom. The number of aromatic nitrogens is 4. The average molecular weight is 586 g/mol. The predicted molar refractivity (Wildman–Crippen MR) is 132 cm³/mol. The molecule has 1 aliphatic carbocycles. The molecule has 3 N–H and O–H groups in total. The number of fused-ring (bicyclic) bond motifs is 2. The topological polar surface area (TPSA) is 133 Å². The molecule has 0 saturated heterocycles. The molecule has 9 nitrogen and oxygen atoms in total. The molecule has 0 saturated carbocycles. The molecule has 32 heavy (non-hydrogen) atoms. The van der Waals surface area contributed by atoms with Gasteiger partial charge in [-0.15, -0.1) is 0 Å². The molecule has 2 heterocycles. The predicted octanol–water partition coefficient (Wildman–Crippen LogP) is 3.01. The molecule has 0 radical (unpaired) electrons. The van der Waals surface area contributed by atoms with Gasteiger partial charge in [0.1, 0.15) is 6.33 Å². The first-order valence-corrected chi connectivity index (χ1v) is 13.5. The second-order valence-electron chi connectivity index (χ2n) is 8.61. The van der Waals surface area contributed by atoms with Crippen LogP contribution in [-0.4, -0.2) is 45.0 Å². The first-order chi connectivity index (χ1) is 14.9. The van der Waals surface area contributed by atoms with Gasteiger partial charge in [0.15, 0.2) is 27.9 Å². The van der Waals surface area contributed by atoms with Gasteiger partial charge in [-0.05, 0) is 67.5 Å². The highest BCUT2D eigenvalue weighted by atomic mass is 127. The summed E-state index contributed by atoms with van der Waals surface area (Å²) in [6, 6.07) is 3.93. The number of hydrogen-bond acceptors (Lipinski definition) is 8. The number of nitrogens with zero attached hydrogens (tertiary/aromatic N) is 4.